The van der Waals surface area contributed by atoms with E-state index in [9.17, 15) is 35.9 Å². The Balaban J connectivity index is 0.000000293. The van der Waals surface area contributed by atoms with Gasteiger partial charge in [-0.3, -0.25) is 0 Å². The Morgan fingerprint density at radius 3 is 1.72 bits per heavy atom. The summed E-state index contributed by atoms with van der Waals surface area (Å²) in [5.74, 6) is -1.85. The third kappa shape index (κ3) is 7.64. The maximum atomic E-state index is 13.3. The molecule has 1 aromatic carbocycles. The highest BCUT2D eigenvalue weighted by Gasteiger charge is 2.37. The number of pyridine rings is 2. The SMILES string of the molecule is COC(=O)c1nc(-c2ccc(Cl)cc2Cl)c(C(F)(F)F)cc1N.COC(=O)c1nc(Br)c(C(F)(F)F)cc1N. The van der Waals surface area contributed by atoms with Crippen LogP contribution in [-0.4, -0.2) is 36.1 Å². The Morgan fingerprint density at radius 1 is 0.821 bits per heavy atom. The fourth-order valence-electron chi connectivity index (χ4n) is 2.86. The Bertz CT molecular complexity index is 1420. The number of nitrogen functional groups attached to an aromatic ring is 2. The van der Waals surface area contributed by atoms with Crippen LogP contribution in [0.15, 0.2) is 34.9 Å². The molecule has 0 aliphatic heterocycles. The number of aromatic nitrogens is 2. The predicted molar refractivity (Wildman–Crippen MR) is 133 cm³/mol. The van der Waals surface area contributed by atoms with Crippen molar-refractivity contribution in [3.8, 4) is 11.3 Å². The van der Waals surface area contributed by atoms with E-state index in [0.717, 1.165) is 14.2 Å². The van der Waals surface area contributed by atoms with E-state index in [1.165, 1.54) is 18.2 Å². The molecule has 0 atom stereocenters. The Hall–Kier alpha value is -3.30. The second-order valence-electron chi connectivity index (χ2n) is 7.19. The first-order valence-corrected chi connectivity index (χ1v) is 11.5. The fraction of sp³-hybridized carbons (Fsp3) is 0.182. The van der Waals surface area contributed by atoms with Crippen molar-refractivity contribution in [1.82, 2.24) is 9.97 Å². The lowest BCUT2D eigenvalue weighted by Gasteiger charge is -2.16. The molecule has 39 heavy (non-hydrogen) atoms. The molecule has 210 valence electrons. The summed E-state index contributed by atoms with van der Waals surface area (Å²) in [5.41, 5.74) is 6.41. The van der Waals surface area contributed by atoms with Gasteiger partial charge in [-0.25, -0.2) is 19.6 Å². The number of carbonyl (C=O) groups excluding carboxylic acids is 2. The summed E-state index contributed by atoms with van der Waals surface area (Å²) in [7, 11) is 2.14. The number of nitrogens with zero attached hydrogens (tertiary/aromatic N) is 2. The molecule has 0 aliphatic carbocycles. The summed E-state index contributed by atoms with van der Waals surface area (Å²) in [6.07, 6.45) is -9.33. The molecule has 0 bridgehead atoms. The van der Waals surface area contributed by atoms with E-state index < -0.39 is 57.1 Å². The first kappa shape index (κ1) is 31.9. The number of alkyl halides is 6. The van der Waals surface area contributed by atoms with E-state index in [1.807, 2.05) is 0 Å². The van der Waals surface area contributed by atoms with E-state index in [1.54, 1.807) is 0 Å². The maximum absolute atomic E-state index is 13.3. The van der Waals surface area contributed by atoms with Crippen LogP contribution in [-0.2, 0) is 21.8 Å². The van der Waals surface area contributed by atoms with E-state index in [0.29, 0.717) is 12.1 Å². The summed E-state index contributed by atoms with van der Waals surface area (Å²) in [6, 6.07) is 5.16. The normalized spacial score (nSPS) is 11.4. The highest BCUT2D eigenvalue weighted by atomic mass is 79.9. The minimum atomic E-state index is -4.74. The van der Waals surface area contributed by atoms with Crippen molar-refractivity contribution in [1.29, 1.82) is 0 Å². The topological polar surface area (TPSA) is 130 Å². The lowest BCUT2D eigenvalue weighted by Crippen LogP contribution is -2.15. The molecular weight excluding hydrogens is 649 g/mol. The van der Waals surface area contributed by atoms with Gasteiger partial charge in [-0.2, -0.15) is 26.3 Å². The van der Waals surface area contributed by atoms with Crippen molar-refractivity contribution >= 4 is 62.4 Å². The zero-order chi connectivity index (χ0) is 29.9. The zero-order valence-corrected chi connectivity index (χ0v) is 22.6. The van der Waals surface area contributed by atoms with E-state index >= 15 is 0 Å². The summed E-state index contributed by atoms with van der Waals surface area (Å²) in [5, 5.41) is 0.201. The molecule has 2 heterocycles. The number of hydrogen-bond donors (Lipinski definition) is 2. The van der Waals surface area contributed by atoms with Crippen LogP contribution in [0, 0.1) is 0 Å². The van der Waals surface area contributed by atoms with E-state index in [-0.39, 0.29) is 27.0 Å². The van der Waals surface area contributed by atoms with Crippen LogP contribution >= 0.6 is 39.1 Å². The highest BCUT2D eigenvalue weighted by Crippen LogP contribution is 2.40. The lowest BCUT2D eigenvalue weighted by molar-refractivity contribution is -0.138. The minimum Gasteiger partial charge on any atom is -0.464 e. The van der Waals surface area contributed by atoms with Crippen molar-refractivity contribution in [2.24, 2.45) is 0 Å². The molecule has 3 rings (SSSR count). The molecule has 2 aromatic heterocycles. The van der Waals surface area contributed by atoms with Crippen LogP contribution in [0.5, 0.6) is 0 Å². The van der Waals surface area contributed by atoms with Crippen LogP contribution in [0.25, 0.3) is 11.3 Å². The molecule has 17 heteroatoms. The van der Waals surface area contributed by atoms with Gasteiger partial charge in [0.05, 0.1) is 47.4 Å². The second-order valence-corrected chi connectivity index (χ2v) is 8.78. The number of ether oxygens (including phenoxy) is 2. The van der Waals surface area contributed by atoms with Gasteiger partial charge in [0.15, 0.2) is 11.4 Å². The molecule has 0 amide bonds. The van der Waals surface area contributed by atoms with E-state index in [2.05, 4.69) is 35.4 Å². The molecule has 0 aliphatic rings. The third-order valence-corrected chi connectivity index (χ3v) is 5.76. The summed E-state index contributed by atoms with van der Waals surface area (Å²) >= 11 is 14.3. The monoisotopic (exact) mass is 662 g/mol. The average molecular weight is 664 g/mol. The van der Waals surface area contributed by atoms with Crippen molar-refractivity contribution in [3.63, 3.8) is 0 Å². The Labute approximate surface area is 234 Å². The van der Waals surface area contributed by atoms with Gasteiger partial charge in [0.1, 0.15) is 4.60 Å². The Morgan fingerprint density at radius 2 is 1.28 bits per heavy atom. The molecule has 8 nitrogen and oxygen atoms in total. The van der Waals surface area contributed by atoms with Gasteiger partial charge in [-0.05, 0) is 46.3 Å². The van der Waals surface area contributed by atoms with E-state index in [4.69, 9.17) is 34.7 Å². The number of carbonyl (C=O) groups is 2. The molecule has 0 radical (unpaired) electrons. The molecular formula is C22H15BrCl2F6N4O4. The summed E-state index contributed by atoms with van der Waals surface area (Å²) < 4.78 is 85.3. The van der Waals surface area contributed by atoms with Crippen LogP contribution in [0.1, 0.15) is 32.1 Å². The summed E-state index contributed by atoms with van der Waals surface area (Å²) in [6.45, 7) is 0. The van der Waals surface area contributed by atoms with Crippen LogP contribution in [0.2, 0.25) is 10.0 Å². The van der Waals surface area contributed by atoms with Gasteiger partial charge in [0.25, 0.3) is 0 Å². The fourth-order valence-corrected chi connectivity index (χ4v) is 3.87. The molecule has 3 aromatic rings. The van der Waals surface area contributed by atoms with Gasteiger partial charge >= 0.3 is 24.3 Å². The molecule has 0 spiro atoms. The third-order valence-electron chi connectivity index (χ3n) is 4.61. The van der Waals surface area contributed by atoms with Crippen molar-refractivity contribution in [3.05, 3.63) is 67.5 Å². The van der Waals surface area contributed by atoms with Crippen molar-refractivity contribution in [2.75, 3.05) is 25.7 Å². The average Bonchev–Trinajstić information content (AvgIpc) is 2.83. The van der Waals surface area contributed by atoms with Gasteiger partial charge < -0.3 is 20.9 Å². The molecule has 4 N–H and O–H groups in total. The number of benzene rings is 1. The van der Waals surface area contributed by atoms with Gasteiger partial charge in [-0.1, -0.05) is 23.2 Å². The highest BCUT2D eigenvalue weighted by molar-refractivity contribution is 9.10. The Kier molecular flexibility index (Phi) is 10.0. The number of methoxy groups -OCH3 is 2. The number of esters is 2. The largest absolute Gasteiger partial charge is 0.464 e. The summed E-state index contributed by atoms with van der Waals surface area (Å²) in [4.78, 5) is 29.8. The van der Waals surface area contributed by atoms with Gasteiger partial charge in [0.2, 0.25) is 0 Å². The number of anilines is 2. The lowest BCUT2D eigenvalue weighted by atomic mass is 10.0. The smallest absolute Gasteiger partial charge is 0.419 e. The van der Waals surface area contributed by atoms with Gasteiger partial charge in [0, 0.05) is 10.6 Å². The van der Waals surface area contributed by atoms with Crippen LogP contribution in [0.4, 0.5) is 37.7 Å². The van der Waals surface area contributed by atoms with Gasteiger partial charge in [-0.15, -0.1) is 0 Å². The minimum absolute atomic E-state index is 0.0338. The number of nitrogens with two attached hydrogens (primary N) is 2. The van der Waals surface area contributed by atoms with Crippen LogP contribution < -0.4 is 11.5 Å². The second kappa shape index (κ2) is 12.3. The quantitative estimate of drug-likeness (QED) is 0.180. The van der Waals surface area contributed by atoms with Crippen molar-refractivity contribution < 1.29 is 45.4 Å². The number of hydrogen-bond acceptors (Lipinski definition) is 8. The molecule has 0 saturated heterocycles. The first-order chi connectivity index (χ1) is 17.9. The van der Waals surface area contributed by atoms with Crippen LogP contribution in [0.3, 0.4) is 0 Å². The number of rotatable bonds is 3. The standard InChI is InChI=1S/C14H9Cl2F3N2O2.C8H6BrF3N2O2/c1-23-13(22)12-10(20)5-8(14(17,18)19)11(21-12)7-3-2-6(15)4-9(7)16;1-16-7(15)5-4(13)2-3(6(9)14-5)8(10,11)12/h2-5H,20H2,1H3;2H,13H2,1H3. The zero-order valence-electron chi connectivity index (χ0n) is 19.5. The first-order valence-electron chi connectivity index (χ1n) is 9.95. The molecule has 0 saturated carbocycles. The maximum Gasteiger partial charge on any atom is 0.419 e. The molecule has 0 fully saturated rings. The van der Waals surface area contributed by atoms with Crippen molar-refractivity contribution in [2.45, 2.75) is 12.4 Å². The molecule has 0 unspecified atom stereocenters. The number of halogens is 9. The predicted octanol–water partition coefficient (Wildman–Crippen LogP) is 6.67.